The Morgan fingerprint density at radius 1 is 1.17 bits per heavy atom. The molecule has 2 aromatic carbocycles. The van der Waals surface area contributed by atoms with E-state index in [1.54, 1.807) is 6.92 Å². The van der Waals surface area contributed by atoms with E-state index in [2.05, 4.69) is 31.3 Å². The van der Waals surface area contributed by atoms with Gasteiger partial charge in [0, 0.05) is 5.02 Å². The molecule has 1 heterocycles. The topological polar surface area (TPSA) is 122 Å². The first kappa shape index (κ1) is 21.4. The minimum atomic E-state index is -0.704. The Hall–Kier alpha value is -3.30. The molecular weight excluding hydrogens is 408 g/mol. The molecule has 3 aromatic rings. The van der Waals surface area contributed by atoms with Crippen molar-refractivity contribution in [2.24, 2.45) is 0 Å². The van der Waals surface area contributed by atoms with Crippen LogP contribution in [0.5, 0.6) is 0 Å². The number of carbonyl (C=O) groups excluding carboxylic acids is 2. The predicted octanol–water partition coefficient (Wildman–Crippen LogP) is 2.22. The number of esters is 1. The number of amides is 1. The summed E-state index contributed by atoms with van der Waals surface area (Å²) in [4.78, 5) is 24.4. The van der Waals surface area contributed by atoms with Gasteiger partial charge in [-0.1, -0.05) is 53.1 Å². The fourth-order valence-electron chi connectivity index (χ4n) is 2.83. The Balaban J connectivity index is 1.70. The van der Waals surface area contributed by atoms with Crippen molar-refractivity contribution in [2.75, 3.05) is 18.5 Å². The first-order chi connectivity index (χ1) is 14.5. The van der Waals surface area contributed by atoms with E-state index < -0.39 is 12.0 Å². The molecule has 0 aliphatic carbocycles. The summed E-state index contributed by atoms with van der Waals surface area (Å²) in [6.45, 7) is 1.89. The largest absolute Gasteiger partial charge is 0.465 e. The van der Waals surface area contributed by atoms with Crippen LogP contribution in [0.1, 0.15) is 12.5 Å². The third-order valence-corrected chi connectivity index (χ3v) is 4.48. The van der Waals surface area contributed by atoms with Gasteiger partial charge in [-0.2, -0.15) is 5.21 Å². The van der Waals surface area contributed by atoms with E-state index in [1.807, 2.05) is 48.5 Å². The van der Waals surface area contributed by atoms with Crippen LogP contribution in [-0.2, 0) is 20.7 Å². The van der Waals surface area contributed by atoms with Crippen molar-refractivity contribution in [3.8, 4) is 11.1 Å². The van der Waals surface area contributed by atoms with Crippen LogP contribution >= 0.6 is 11.6 Å². The SMILES string of the molecule is CCOC(=O)CNC(Cc1ccc(-c2cccc(Cl)c2)cc1)C(=O)Nc1nn[nH]n1. The highest BCUT2D eigenvalue weighted by Crippen LogP contribution is 2.23. The highest BCUT2D eigenvalue weighted by atomic mass is 35.5. The number of hydrogen-bond acceptors (Lipinski definition) is 7. The number of carbonyl (C=O) groups is 2. The third-order valence-electron chi connectivity index (χ3n) is 4.25. The average molecular weight is 429 g/mol. The highest BCUT2D eigenvalue weighted by molar-refractivity contribution is 6.30. The second-order valence-electron chi connectivity index (χ2n) is 6.37. The Bertz CT molecular complexity index is 978. The first-order valence-electron chi connectivity index (χ1n) is 9.33. The smallest absolute Gasteiger partial charge is 0.319 e. The number of tetrazole rings is 1. The molecule has 0 saturated heterocycles. The van der Waals surface area contributed by atoms with Crippen molar-refractivity contribution in [2.45, 2.75) is 19.4 Å². The first-order valence-corrected chi connectivity index (χ1v) is 9.71. The van der Waals surface area contributed by atoms with Crippen LogP contribution in [0, 0.1) is 0 Å². The lowest BCUT2D eigenvalue weighted by Gasteiger charge is -2.17. The fourth-order valence-corrected chi connectivity index (χ4v) is 3.02. The molecule has 1 unspecified atom stereocenters. The van der Waals surface area contributed by atoms with Crippen molar-refractivity contribution in [1.82, 2.24) is 25.9 Å². The van der Waals surface area contributed by atoms with Gasteiger partial charge in [0.05, 0.1) is 19.2 Å². The van der Waals surface area contributed by atoms with Crippen LogP contribution in [0.15, 0.2) is 48.5 Å². The van der Waals surface area contributed by atoms with E-state index in [9.17, 15) is 9.59 Å². The Morgan fingerprint density at radius 2 is 1.97 bits per heavy atom. The number of ether oxygens (including phenoxy) is 1. The van der Waals surface area contributed by atoms with Crippen molar-refractivity contribution in [3.63, 3.8) is 0 Å². The standard InChI is InChI=1S/C20H21ClN6O3/c1-2-30-18(28)12-22-17(19(29)23-20-24-26-27-25-20)10-13-6-8-14(9-7-13)15-4-3-5-16(21)11-15/h3-9,11,17,22H,2,10,12H2,1H3,(H2,23,24,25,26,27,29). The molecule has 0 bridgehead atoms. The normalized spacial score (nSPS) is 11.7. The van der Waals surface area contributed by atoms with Gasteiger partial charge in [-0.25, -0.2) is 0 Å². The molecule has 0 radical (unpaired) electrons. The molecule has 0 saturated carbocycles. The second-order valence-corrected chi connectivity index (χ2v) is 6.81. The van der Waals surface area contributed by atoms with Gasteiger partial charge in [0.2, 0.25) is 5.91 Å². The quantitative estimate of drug-likeness (QED) is 0.446. The molecule has 1 amide bonds. The van der Waals surface area contributed by atoms with E-state index in [-0.39, 0.29) is 25.0 Å². The number of H-pyrrole nitrogens is 1. The summed E-state index contributed by atoms with van der Waals surface area (Å²) in [5, 5.41) is 19.3. The van der Waals surface area contributed by atoms with E-state index in [0.717, 1.165) is 16.7 Å². The van der Waals surface area contributed by atoms with Crippen molar-refractivity contribution in [3.05, 3.63) is 59.1 Å². The van der Waals surface area contributed by atoms with Crippen molar-refractivity contribution >= 4 is 29.4 Å². The maximum Gasteiger partial charge on any atom is 0.319 e. The van der Waals surface area contributed by atoms with E-state index in [1.165, 1.54) is 0 Å². The molecule has 1 atom stereocenters. The molecule has 30 heavy (non-hydrogen) atoms. The van der Waals surface area contributed by atoms with Gasteiger partial charge < -0.3 is 4.74 Å². The second kappa shape index (κ2) is 10.5. The highest BCUT2D eigenvalue weighted by Gasteiger charge is 2.21. The van der Waals surface area contributed by atoms with E-state index in [4.69, 9.17) is 16.3 Å². The maximum absolute atomic E-state index is 12.6. The monoisotopic (exact) mass is 428 g/mol. The summed E-state index contributed by atoms with van der Waals surface area (Å²) in [5.74, 6) is -0.773. The number of hydrogen-bond donors (Lipinski definition) is 3. The number of halogens is 1. The van der Waals surface area contributed by atoms with Gasteiger partial charge in [0.15, 0.2) is 0 Å². The van der Waals surface area contributed by atoms with E-state index in [0.29, 0.717) is 11.4 Å². The molecule has 10 heteroatoms. The Labute approximate surface area is 178 Å². The number of anilines is 1. The molecule has 3 N–H and O–H groups in total. The molecule has 0 aliphatic rings. The van der Waals surface area contributed by atoms with Gasteiger partial charge in [-0.15, -0.1) is 5.10 Å². The zero-order chi connectivity index (χ0) is 21.3. The number of benzene rings is 2. The molecule has 156 valence electrons. The minimum absolute atomic E-state index is 0.0549. The summed E-state index contributed by atoms with van der Waals surface area (Å²) in [6.07, 6.45) is 0.346. The number of aromatic amines is 1. The van der Waals surface area contributed by atoms with Crippen LogP contribution in [0.25, 0.3) is 11.1 Å². The van der Waals surface area contributed by atoms with Crippen molar-refractivity contribution < 1.29 is 14.3 Å². The van der Waals surface area contributed by atoms with Gasteiger partial charge >= 0.3 is 5.97 Å². The van der Waals surface area contributed by atoms with E-state index >= 15 is 0 Å². The van der Waals surface area contributed by atoms with Crippen LogP contribution in [0.2, 0.25) is 5.02 Å². The number of nitrogens with zero attached hydrogens (tertiary/aromatic N) is 3. The Morgan fingerprint density at radius 3 is 2.63 bits per heavy atom. The molecule has 0 fully saturated rings. The summed E-state index contributed by atoms with van der Waals surface area (Å²) in [5.41, 5.74) is 2.92. The van der Waals surface area contributed by atoms with Gasteiger partial charge in [0.25, 0.3) is 5.95 Å². The lowest BCUT2D eigenvalue weighted by molar-refractivity contribution is -0.142. The summed E-state index contributed by atoms with van der Waals surface area (Å²) in [7, 11) is 0. The molecular formula is C20H21ClN6O3. The Kier molecular flexibility index (Phi) is 7.47. The van der Waals surface area contributed by atoms with Crippen molar-refractivity contribution in [1.29, 1.82) is 0 Å². The zero-order valence-electron chi connectivity index (χ0n) is 16.3. The van der Waals surface area contributed by atoms with Crippen LogP contribution < -0.4 is 10.6 Å². The number of rotatable bonds is 9. The van der Waals surface area contributed by atoms with Gasteiger partial charge in [0.1, 0.15) is 0 Å². The molecule has 0 spiro atoms. The summed E-state index contributed by atoms with van der Waals surface area (Å²) < 4.78 is 4.92. The zero-order valence-corrected chi connectivity index (χ0v) is 17.0. The molecule has 1 aromatic heterocycles. The van der Waals surface area contributed by atoms with Gasteiger partial charge in [-0.05, 0) is 47.4 Å². The maximum atomic E-state index is 12.6. The summed E-state index contributed by atoms with van der Waals surface area (Å²) in [6, 6.07) is 14.6. The lowest BCUT2D eigenvalue weighted by Crippen LogP contribution is -2.44. The van der Waals surface area contributed by atoms with Crippen LogP contribution in [-0.4, -0.2) is 51.7 Å². The molecule has 0 aliphatic heterocycles. The number of nitrogens with one attached hydrogen (secondary N) is 3. The summed E-state index contributed by atoms with van der Waals surface area (Å²) >= 11 is 6.06. The number of aromatic nitrogens is 4. The third kappa shape index (κ3) is 6.10. The fraction of sp³-hybridized carbons (Fsp3) is 0.250. The molecule has 9 nitrogen and oxygen atoms in total. The van der Waals surface area contributed by atoms with Crippen LogP contribution in [0.3, 0.4) is 0 Å². The van der Waals surface area contributed by atoms with Crippen LogP contribution in [0.4, 0.5) is 5.95 Å². The molecule has 3 rings (SSSR count). The predicted molar refractivity (Wildman–Crippen MR) is 112 cm³/mol. The lowest BCUT2D eigenvalue weighted by atomic mass is 10.0. The average Bonchev–Trinajstić information content (AvgIpc) is 3.24. The minimum Gasteiger partial charge on any atom is -0.465 e. The van der Waals surface area contributed by atoms with Gasteiger partial charge in [-0.3, -0.25) is 20.2 Å².